The fourth-order valence-corrected chi connectivity index (χ4v) is 0.785. The topological polar surface area (TPSA) is 59.4 Å². The summed E-state index contributed by atoms with van der Waals surface area (Å²) in [7, 11) is 1.22. The van der Waals surface area contributed by atoms with Gasteiger partial charge in [-0.25, -0.2) is 4.79 Å². The van der Waals surface area contributed by atoms with Crippen LogP contribution in [0.3, 0.4) is 0 Å². The Bertz CT molecular complexity index is 265. The summed E-state index contributed by atoms with van der Waals surface area (Å²) in [5, 5.41) is 9.27. The van der Waals surface area contributed by atoms with Crippen LogP contribution in [0.25, 0.3) is 0 Å². The first-order valence-electron chi connectivity index (χ1n) is 3.41. The number of methoxy groups -OCH3 is 1. The van der Waals surface area contributed by atoms with Gasteiger partial charge in [-0.3, -0.25) is 4.98 Å². The van der Waals surface area contributed by atoms with E-state index < -0.39 is 12.1 Å². The van der Waals surface area contributed by atoms with Crippen molar-refractivity contribution >= 4 is 18.4 Å². The SMILES string of the molecule is COC(=O)[C@H](O)c1cccnc1.Cl. The number of hydrogen-bond acceptors (Lipinski definition) is 4. The van der Waals surface area contributed by atoms with Crippen molar-refractivity contribution in [3.63, 3.8) is 0 Å². The molecule has 0 aliphatic heterocycles. The molecule has 4 nitrogen and oxygen atoms in total. The predicted octanol–water partition coefficient (Wildman–Crippen LogP) is 0.710. The lowest BCUT2D eigenvalue weighted by atomic mass is 10.2. The Labute approximate surface area is 82.0 Å². The summed E-state index contributed by atoms with van der Waals surface area (Å²) in [5.41, 5.74) is 0.435. The fourth-order valence-electron chi connectivity index (χ4n) is 0.785. The number of aromatic nitrogens is 1. The van der Waals surface area contributed by atoms with E-state index in [1.807, 2.05) is 0 Å². The van der Waals surface area contributed by atoms with Crippen LogP contribution in [0.15, 0.2) is 24.5 Å². The summed E-state index contributed by atoms with van der Waals surface area (Å²) < 4.78 is 4.35. The highest BCUT2D eigenvalue weighted by atomic mass is 35.5. The maximum Gasteiger partial charge on any atom is 0.339 e. The molecule has 0 radical (unpaired) electrons. The third-order valence-corrected chi connectivity index (χ3v) is 1.42. The van der Waals surface area contributed by atoms with Crippen LogP contribution in [0.5, 0.6) is 0 Å². The van der Waals surface area contributed by atoms with Crippen molar-refractivity contribution in [1.29, 1.82) is 0 Å². The zero-order chi connectivity index (χ0) is 8.97. The second kappa shape index (κ2) is 5.50. The smallest absolute Gasteiger partial charge is 0.339 e. The Hall–Kier alpha value is -1.13. The van der Waals surface area contributed by atoms with Gasteiger partial charge in [0.25, 0.3) is 0 Å². The number of nitrogens with zero attached hydrogens (tertiary/aromatic N) is 1. The maximum absolute atomic E-state index is 10.8. The number of ether oxygens (including phenoxy) is 1. The molecule has 0 amide bonds. The Morgan fingerprint density at radius 2 is 2.38 bits per heavy atom. The first-order valence-corrected chi connectivity index (χ1v) is 3.41. The van der Waals surface area contributed by atoms with Crippen LogP contribution in [0, 0.1) is 0 Å². The van der Waals surface area contributed by atoms with Gasteiger partial charge in [0.2, 0.25) is 0 Å². The summed E-state index contributed by atoms with van der Waals surface area (Å²) in [6, 6.07) is 3.25. The molecule has 13 heavy (non-hydrogen) atoms. The molecule has 1 atom stereocenters. The van der Waals surface area contributed by atoms with Crippen molar-refractivity contribution in [2.45, 2.75) is 6.10 Å². The lowest BCUT2D eigenvalue weighted by molar-refractivity contribution is -0.150. The number of esters is 1. The lowest BCUT2D eigenvalue weighted by Crippen LogP contribution is -2.13. The lowest BCUT2D eigenvalue weighted by Gasteiger charge is -2.06. The molecule has 0 spiro atoms. The molecule has 0 saturated heterocycles. The average Bonchev–Trinajstić information content (AvgIpc) is 2.17. The molecule has 1 aromatic rings. The minimum atomic E-state index is -1.23. The Morgan fingerprint density at radius 1 is 1.69 bits per heavy atom. The molecule has 1 heterocycles. The molecule has 72 valence electrons. The van der Waals surface area contributed by atoms with Gasteiger partial charge in [-0.2, -0.15) is 0 Å². The normalized spacial score (nSPS) is 11.2. The quantitative estimate of drug-likeness (QED) is 0.720. The molecule has 5 heteroatoms. The predicted molar refractivity (Wildman–Crippen MR) is 48.5 cm³/mol. The van der Waals surface area contributed by atoms with E-state index in [9.17, 15) is 9.90 Å². The third-order valence-electron chi connectivity index (χ3n) is 1.42. The van der Waals surface area contributed by atoms with Crippen LogP contribution < -0.4 is 0 Å². The maximum atomic E-state index is 10.8. The molecule has 1 rings (SSSR count). The number of hydrogen-bond donors (Lipinski definition) is 1. The molecule has 1 aromatic heterocycles. The Kier molecular flexibility index (Phi) is 5.03. The molecule has 0 aromatic carbocycles. The van der Waals surface area contributed by atoms with E-state index in [2.05, 4.69) is 9.72 Å². The van der Waals surface area contributed by atoms with E-state index >= 15 is 0 Å². The minimum Gasteiger partial charge on any atom is -0.467 e. The van der Waals surface area contributed by atoms with Gasteiger partial charge in [-0.05, 0) is 6.07 Å². The summed E-state index contributed by atoms with van der Waals surface area (Å²) in [6.45, 7) is 0. The monoisotopic (exact) mass is 203 g/mol. The number of pyridine rings is 1. The van der Waals surface area contributed by atoms with Gasteiger partial charge in [0.05, 0.1) is 7.11 Å². The van der Waals surface area contributed by atoms with Gasteiger partial charge in [0.1, 0.15) is 0 Å². The zero-order valence-corrected chi connectivity index (χ0v) is 7.82. The van der Waals surface area contributed by atoms with Crippen molar-refractivity contribution in [1.82, 2.24) is 4.98 Å². The molecule has 0 saturated carbocycles. The first kappa shape index (κ1) is 11.9. The second-order valence-corrected chi connectivity index (χ2v) is 2.21. The highest BCUT2D eigenvalue weighted by molar-refractivity contribution is 5.85. The summed E-state index contributed by atoms with van der Waals surface area (Å²) in [6.07, 6.45) is 1.75. The van der Waals surface area contributed by atoms with Crippen LogP contribution in [-0.4, -0.2) is 23.2 Å². The van der Waals surface area contributed by atoms with E-state index in [-0.39, 0.29) is 12.4 Å². The summed E-state index contributed by atoms with van der Waals surface area (Å²) in [4.78, 5) is 14.6. The van der Waals surface area contributed by atoms with Crippen LogP contribution >= 0.6 is 12.4 Å². The number of carbonyl (C=O) groups is 1. The van der Waals surface area contributed by atoms with Gasteiger partial charge in [0, 0.05) is 18.0 Å². The van der Waals surface area contributed by atoms with Crippen molar-refractivity contribution in [2.75, 3.05) is 7.11 Å². The molecular formula is C8H10ClNO3. The van der Waals surface area contributed by atoms with Crippen LogP contribution in [0.2, 0.25) is 0 Å². The standard InChI is InChI=1S/C8H9NO3.ClH/c1-12-8(11)7(10)6-3-2-4-9-5-6;/h2-5,7,10H,1H3;1H/t7-;/m1./s1. The first-order chi connectivity index (χ1) is 5.75. The van der Waals surface area contributed by atoms with E-state index in [1.54, 1.807) is 18.3 Å². The zero-order valence-electron chi connectivity index (χ0n) is 7.01. The molecule has 0 aliphatic carbocycles. The number of halogens is 1. The van der Waals surface area contributed by atoms with E-state index in [0.717, 1.165) is 0 Å². The van der Waals surface area contributed by atoms with Gasteiger partial charge >= 0.3 is 5.97 Å². The van der Waals surface area contributed by atoms with Crippen LogP contribution in [-0.2, 0) is 9.53 Å². The van der Waals surface area contributed by atoms with Crippen LogP contribution in [0.4, 0.5) is 0 Å². The largest absolute Gasteiger partial charge is 0.467 e. The highest BCUT2D eigenvalue weighted by Crippen LogP contribution is 2.11. The van der Waals surface area contributed by atoms with Crippen molar-refractivity contribution < 1.29 is 14.6 Å². The molecule has 1 N–H and O–H groups in total. The Morgan fingerprint density at radius 3 is 2.85 bits per heavy atom. The Balaban J connectivity index is 0.00000144. The number of aliphatic hydroxyl groups is 1. The number of carbonyl (C=O) groups excluding carboxylic acids is 1. The number of aliphatic hydroxyl groups excluding tert-OH is 1. The van der Waals surface area contributed by atoms with Crippen molar-refractivity contribution in [3.05, 3.63) is 30.1 Å². The molecular weight excluding hydrogens is 194 g/mol. The summed E-state index contributed by atoms with van der Waals surface area (Å²) in [5.74, 6) is -0.678. The molecule has 0 bridgehead atoms. The minimum absolute atomic E-state index is 0. The second-order valence-electron chi connectivity index (χ2n) is 2.21. The van der Waals surface area contributed by atoms with Gasteiger partial charge in [-0.1, -0.05) is 6.07 Å². The van der Waals surface area contributed by atoms with E-state index in [4.69, 9.17) is 0 Å². The van der Waals surface area contributed by atoms with Gasteiger partial charge in [0.15, 0.2) is 6.10 Å². The molecule has 0 unspecified atom stereocenters. The van der Waals surface area contributed by atoms with E-state index in [1.165, 1.54) is 13.3 Å². The van der Waals surface area contributed by atoms with Crippen LogP contribution in [0.1, 0.15) is 11.7 Å². The molecule has 0 aliphatic rings. The van der Waals surface area contributed by atoms with Crippen molar-refractivity contribution in [3.8, 4) is 0 Å². The highest BCUT2D eigenvalue weighted by Gasteiger charge is 2.16. The van der Waals surface area contributed by atoms with Gasteiger partial charge in [-0.15, -0.1) is 12.4 Å². The fraction of sp³-hybridized carbons (Fsp3) is 0.250. The average molecular weight is 204 g/mol. The van der Waals surface area contributed by atoms with E-state index in [0.29, 0.717) is 5.56 Å². The third kappa shape index (κ3) is 3.01. The van der Waals surface area contributed by atoms with Gasteiger partial charge < -0.3 is 9.84 Å². The number of rotatable bonds is 2. The summed E-state index contributed by atoms with van der Waals surface area (Å²) >= 11 is 0. The molecule has 0 fully saturated rings. The van der Waals surface area contributed by atoms with Crippen molar-refractivity contribution in [2.24, 2.45) is 0 Å².